The van der Waals surface area contributed by atoms with E-state index < -0.39 is 0 Å². The molecule has 22 heavy (non-hydrogen) atoms. The summed E-state index contributed by atoms with van der Waals surface area (Å²) in [5.41, 5.74) is 1.94. The molecule has 0 bridgehead atoms. The third-order valence-electron chi connectivity index (χ3n) is 3.07. The Kier molecular flexibility index (Phi) is 4.61. The van der Waals surface area contributed by atoms with Gasteiger partial charge >= 0.3 is 0 Å². The molecule has 1 amide bonds. The Labute approximate surface area is 141 Å². The lowest BCUT2D eigenvalue weighted by Crippen LogP contribution is -2.09. The molecule has 6 heteroatoms. The van der Waals surface area contributed by atoms with Crippen LogP contribution >= 0.6 is 34.4 Å². The number of nitrogens with zero attached hydrogens (tertiary/aromatic N) is 1. The second-order valence-electron chi connectivity index (χ2n) is 4.63. The van der Waals surface area contributed by atoms with E-state index in [1.807, 2.05) is 24.4 Å². The molecule has 3 aromatic rings. The van der Waals surface area contributed by atoms with Crippen LogP contribution in [0.3, 0.4) is 0 Å². The van der Waals surface area contributed by atoms with Crippen molar-refractivity contribution in [2.45, 2.75) is 11.8 Å². The summed E-state index contributed by atoms with van der Waals surface area (Å²) in [6.45, 7) is 1.99. The highest BCUT2D eigenvalue weighted by Crippen LogP contribution is 2.27. The molecular formula is C16H14N2OS3. The van der Waals surface area contributed by atoms with Gasteiger partial charge in [-0.25, -0.2) is 4.98 Å². The molecule has 112 valence electrons. The first kappa shape index (κ1) is 15.3. The zero-order valence-electron chi connectivity index (χ0n) is 12.1. The Morgan fingerprint density at radius 1 is 1.18 bits per heavy atom. The Bertz CT molecular complexity index is 790. The predicted molar refractivity (Wildman–Crippen MR) is 96.3 cm³/mol. The number of hydrogen-bond donors (Lipinski definition) is 1. The summed E-state index contributed by atoms with van der Waals surface area (Å²) in [4.78, 5) is 19.7. The first-order valence-electron chi connectivity index (χ1n) is 6.63. The third kappa shape index (κ3) is 3.40. The van der Waals surface area contributed by atoms with E-state index in [9.17, 15) is 4.79 Å². The number of aryl methyl sites for hydroxylation is 1. The van der Waals surface area contributed by atoms with Crippen LogP contribution in [-0.2, 0) is 0 Å². The lowest BCUT2D eigenvalue weighted by molar-refractivity contribution is 0.103. The molecular weight excluding hydrogens is 332 g/mol. The van der Waals surface area contributed by atoms with E-state index in [-0.39, 0.29) is 5.91 Å². The maximum atomic E-state index is 12.1. The molecule has 1 aromatic carbocycles. The van der Waals surface area contributed by atoms with Crippen molar-refractivity contribution in [3.63, 3.8) is 0 Å². The molecule has 0 saturated heterocycles. The van der Waals surface area contributed by atoms with Gasteiger partial charge in [-0.15, -0.1) is 34.4 Å². The van der Waals surface area contributed by atoms with Gasteiger partial charge in [0.1, 0.15) is 0 Å². The maximum Gasteiger partial charge on any atom is 0.267 e. The summed E-state index contributed by atoms with van der Waals surface area (Å²) in [6, 6.07) is 12.0. The number of hydrogen-bond acceptors (Lipinski definition) is 5. The number of anilines is 1. The number of nitrogens with one attached hydrogen (secondary N) is 1. The fourth-order valence-corrected chi connectivity index (χ4v) is 3.83. The summed E-state index contributed by atoms with van der Waals surface area (Å²) in [5.74, 6) is -0.100. The molecule has 0 spiro atoms. The van der Waals surface area contributed by atoms with E-state index in [4.69, 9.17) is 0 Å². The van der Waals surface area contributed by atoms with Gasteiger partial charge in [-0.3, -0.25) is 10.1 Å². The summed E-state index contributed by atoms with van der Waals surface area (Å²) >= 11 is 4.64. The summed E-state index contributed by atoms with van der Waals surface area (Å²) in [6.07, 6.45) is 2.05. The number of rotatable bonds is 4. The van der Waals surface area contributed by atoms with E-state index in [1.165, 1.54) is 27.6 Å². The highest BCUT2D eigenvalue weighted by atomic mass is 32.2. The topological polar surface area (TPSA) is 42.0 Å². The number of thioether (sulfide) groups is 1. The Morgan fingerprint density at radius 2 is 1.95 bits per heavy atom. The van der Waals surface area contributed by atoms with Crippen molar-refractivity contribution in [3.8, 4) is 11.3 Å². The number of carbonyl (C=O) groups excluding carboxylic acids is 1. The van der Waals surface area contributed by atoms with Crippen molar-refractivity contribution in [2.24, 2.45) is 0 Å². The van der Waals surface area contributed by atoms with Crippen LogP contribution in [0.25, 0.3) is 11.3 Å². The van der Waals surface area contributed by atoms with Crippen LogP contribution in [-0.4, -0.2) is 17.1 Å². The van der Waals surface area contributed by atoms with Crippen LogP contribution in [0.4, 0.5) is 5.13 Å². The number of thiazole rings is 1. The fourth-order valence-electron chi connectivity index (χ4n) is 1.94. The Balaban J connectivity index is 1.74. The second kappa shape index (κ2) is 6.64. The molecule has 0 atom stereocenters. The molecule has 3 nitrogen and oxygen atoms in total. The summed E-state index contributed by atoms with van der Waals surface area (Å²) < 4.78 is 0. The van der Waals surface area contributed by atoms with Gasteiger partial charge in [-0.05, 0) is 37.4 Å². The minimum atomic E-state index is -0.100. The van der Waals surface area contributed by atoms with Crippen molar-refractivity contribution in [2.75, 3.05) is 11.6 Å². The van der Waals surface area contributed by atoms with E-state index in [2.05, 4.69) is 40.8 Å². The number of thiophene rings is 1. The van der Waals surface area contributed by atoms with Gasteiger partial charge < -0.3 is 0 Å². The standard InChI is InChI=1S/C16H14N2OS3/c1-10-3-8-14(22-10)15(19)18-16-17-13(9-21-16)11-4-6-12(20-2)7-5-11/h3-9H,1-2H3,(H,17,18,19). The minimum Gasteiger partial charge on any atom is -0.297 e. The van der Waals surface area contributed by atoms with E-state index >= 15 is 0 Å². The van der Waals surface area contributed by atoms with Crippen LogP contribution in [0.2, 0.25) is 0 Å². The molecule has 0 aliphatic heterocycles. The molecule has 0 radical (unpaired) electrons. The molecule has 0 aliphatic rings. The lowest BCUT2D eigenvalue weighted by Gasteiger charge is -2.00. The largest absolute Gasteiger partial charge is 0.297 e. The van der Waals surface area contributed by atoms with Crippen LogP contribution in [0.1, 0.15) is 14.5 Å². The van der Waals surface area contributed by atoms with Crippen molar-refractivity contribution in [1.29, 1.82) is 0 Å². The average molecular weight is 347 g/mol. The van der Waals surface area contributed by atoms with E-state index in [0.717, 1.165) is 16.1 Å². The monoisotopic (exact) mass is 346 g/mol. The van der Waals surface area contributed by atoms with Gasteiger partial charge in [0.25, 0.3) is 5.91 Å². The molecule has 2 heterocycles. The molecule has 3 rings (SSSR count). The van der Waals surface area contributed by atoms with Gasteiger partial charge in [0, 0.05) is 20.7 Å². The zero-order valence-corrected chi connectivity index (χ0v) is 14.6. The fraction of sp³-hybridized carbons (Fsp3) is 0.125. The van der Waals surface area contributed by atoms with E-state index in [0.29, 0.717) is 10.0 Å². The van der Waals surface area contributed by atoms with Crippen LogP contribution in [0.5, 0.6) is 0 Å². The van der Waals surface area contributed by atoms with Gasteiger partial charge in [0.15, 0.2) is 5.13 Å². The lowest BCUT2D eigenvalue weighted by atomic mass is 10.2. The molecule has 0 fully saturated rings. The summed E-state index contributed by atoms with van der Waals surface area (Å²) in [5, 5.41) is 5.45. The second-order valence-corrected chi connectivity index (χ2v) is 7.66. The predicted octanol–water partition coefficient (Wildman–Crippen LogP) is 5.15. The first-order chi connectivity index (χ1) is 10.7. The normalized spacial score (nSPS) is 10.6. The third-order valence-corrected chi connectivity index (χ3v) is 5.58. The average Bonchev–Trinajstić information content (AvgIpc) is 3.16. The van der Waals surface area contributed by atoms with Gasteiger partial charge in [0.05, 0.1) is 10.6 Å². The molecule has 0 unspecified atom stereocenters. The highest BCUT2D eigenvalue weighted by Gasteiger charge is 2.11. The quantitative estimate of drug-likeness (QED) is 0.664. The smallest absolute Gasteiger partial charge is 0.267 e. The Hall–Kier alpha value is -1.63. The Morgan fingerprint density at radius 3 is 2.59 bits per heavy atom. The molecule has 0 aliphatic carbocycles. The maximum absolute atomic E-state index is 12.1. The molecule has 2 aromatic heterocycles. The number of amides is 1. The van der Waals surface area contributed by atoms with E-state index in [1.54, 1.807) is 11.8 Å². The van der Waals surface area contributed by atoms with Gasteiger partial charge in [-0.1, -0.05) is 12.1 Å². The minimum absolute atomic E-state index is 0.100. The zero-order chi connectivity index (χ0) is 15.5. The van der Waals surface area contributed by atoms with Gasteiger partial charge in [0.2, 0.25) is 0 Å². The van der Waals surface area contributed by atoms with Crippen LogP contribution in [0.15, 0.2) is 46.7 Å². The molecule has 1 N–H and O–H groups in total. The number of aromatic nitrogens is 1. The van der Waals surface area contributed by atoms with Gasteiger partial charge in [-0.2, -0.15) is 0 Å². The number of carbonyl (C=O) groups is 1. The summed E-state index contributed by atoms with van der Waals surface area (Å²) in [7, 11) is 0. The van der Waals surface area contributed by atoms with Crippen molar-refractivity contribution < 1.29 is 4.79 Å². The SMILES string of the molecule is CSc1ccc(-c2csc(NC(=O)c3ccc(C)s3)n2)cc1. The van der Waals surface area contributed by atoms with Crippen molar-refractivity contribution in [3.05, 3.63) is 51.5 Å². The highest BCUT2D eigenvalue weighted by molar-refractivity contribution is 7.98. The number of benzene rings is 1. The van der Waals surface area contributed by atoms with Crippen LogP contribution in [0, 0.1) is 6.92 Å². The van der Waals surface area contributed by atoms with Crippen molar-refractivity contribution >= 4 is 45.5 Å². The van der Waals surface area contributed by atoms with Crippen LogP contribution < -0.4 is 5.32 Å². The van der Waals surface area contributed by atoms with Crippen molar-refractivity contribution in [1.82, 2.24) is 4.98 Å². The first-order valence-corrected chi connectivity index (χ1v) is 9.55. The molecule has 0 saturated carbocycles.